The molecule has 0 aromatic carbocycles. The molecule has 2 atom stereocenters. The molecule has 1 heterocycles. The van der Waals surface area contributed by atoms with Crippen molar-refractivity contribution in [2.24, 2.45) is 11.8 Å². The maximum atomic E-state index is 8.82. The van der Waals surface area contributed by atoms with E-state index in [9.17, 15) is 0 Å². The summed E-state index contributed by atoms with van der Waals surface area (Å²) < 4.78 is 0. The summed E-state index contributed by atoms with van der Waals surface area (Å²) in [6.07, 6.45) is 4.08. The second kappa shape index (κ2) is 2.51. The molecular weight excluding hydrogens is 126 g/mol. The minimum Gasteiger partial charge on any atom is -0.395 e. The molecule has 2 fully saturated rings. The summed E-state index contributed by atoms with van der Waals surface area (Å²) in [5.74, 6) is 1.89. The van der Waals surface area contributed by atoms with Gasteiger partial charge in [-0.05, 0) is 37.6 Å². The molecule has 0 aromatic heterocycles. The van der Waals surface area contributed by atoms with Crippen LogP contribution in [0, 0.1) is 11.8 Å². The number of hydrogen-bond acceptors (Lipinski definition) is 2. The zero-order valence-corrected chi connectivity index (χ0v) is 6.21. The first-order valence-electron chi connectivity index (χ1n) is 4.24. The molecule has 2 N–H and O–H groups in total. The second-order valence-electron chi connectivity index (χ2n) is 3.62. The average molecular weight is 141 g/mol. The lowest BCUT2D eigenvalue weighted by molar-refractivity contribution is 0.252. The molecule has 2 aliphatic rings. The van der Waals surface area contributed by atoms with Gasteiger partial charge in [-0.3, -0.25) is 0 Å². The third-order valence-corrected chi connectivity index (χ3v) is 2.77. The van der Waals surface area contributed by atoms with Crippen molar-refractivity contribution < 1.29 is 5.11 Å². The van der Waals surface area contributed by atoms with Crippen molar-refractivity contribution in [1.29, 1.82) is 0 Å². The summed E-state index contributed by atoms with van der Waals surface area (Å²) in [4.78, 5) is 0. The van der Waals surface area contributed by atoms with E-state index >= 15 is 0 Å². The van der Waals surface area contributed by atoms with Crippen molar-refractivity contribution in [3.63, 3.8) is 0 Å². The molecule has 1 saturated carbocycles. The SMILES string of the molecule is OCC1CC(C2CC2)CN1. The highest BCUT2D eigenvalue weighted by atomic mass is 16.3. The van der Waals surface area contributed by atoms with Crippen LogP contribution in [0.15, 0.2) is 0 Å². The van der Waals surface area contributed by atoms with Crippen LogP contribution in [0.4, 0.5) is 0 Å². The van der Waals surface area contributed by atoms with E-state index in [0.717, 1.165) is 18.4 Å². The van der Waals surface area contributed by atoms with Gasteiger partial charge in [0.2, 0.25) is 0 Å². The van der Waals surface area contributed by atoms with Crippen LogP contribution in [0.5, 0.6) is 0 Å². The summed E-state index contributed by atoms with van der Waals surface area (Å²) >= 11 is 0. The Bertz CT molecular complexity index is 122. The maximum absolute atomic E-state index is 8.82. The van der Waals surface area contributed by atoms with Crippen molar-refractivity contribution >= 4 is 0 Å². The lowest BCUT2D eigenvalue weighted by Crippen LogP contribution is -2.24. The Morgan fingerprint density at radius 3 is 2.60 bits per heavy atom. The Kier molecular flexibility index (Phi) is 1.66. The third-order valence-electron chi connectivity index (χ3n) is 2.77. The molecule has 2 heteroatoms. The summed E-state index contributed by atoms with van der Waals surface area (Å²) in [5, 5.41) is 12.2. The first kappa shape index (κ1) is 6.62. The number of nitrogens with one attached hydrogen (secondary N) is 1. The van der Waals surface area contributed by atoms with Gasteiger partial charge in [0.05, 0.1) is 6.61 Å². The average Bonchev–Trinajstić information content (AvgIpc) is 2.70. The fraction of sp³-hybridized carbons (Fsp3) is 1.00. The van der Waals surface area contributed by atoms with Crippen LogP contribution in [0.25, 0.3) is 0 Å². The summed E-state index contributed by atoms with van der Waals surface area (Å²) in [6.45, 7) is 1.47. The minimum absolute atomic E-state index is 0.323. The van der Waals surface area contributed by atoms with Gasteiger partial charge < -0.3 is 10.4 Å². The largest absolute Gasteiger partial charge is 0.395 e. The first-order chi connectivity index (χ1) is 4.90. The van der Waals surface area contributed by atoms with E-state index in [1.807, 2.05) is 0 Å². The Morgan fingerprint density at radius 2 is 2.10 bits per heavy atom. The molecule has 0 bridgehead atoms. The predicted molar refractivity (Wildman–Crippen MR) is 39.7 cm³/mol. The van der Waals surface area contributed by atoms with E-state index in [4.69, 9.17) is 5.11 Å². The zero-order chi connectivity index (χ0) is 6.97. The molecular formula is C8H15NO. The lowest BCUT2D eigenvalue weighted by Gasteiger charge is -2.04. The van der Waals surface area contributed by atoms with Gasteiger partial charge in [0, 0.05) is 6.04 Å². The van der Waals surface area contributed by atoms with E-state index in [-0.39, 0.29) is 0 Å². The van der Waals surface area contributed by atoms with Crippen molar-refractivity contribution in [3.8, 4) is 0 Å². The minimum atomic E-state index is 0.323. The van der Waals surface area contributed by atoms with Crippen molar-refractivity contribution in [2.45, 2.75) is 25.3 Å². The quantitative estimate of drug-likeness (QED) is 0.582. The molecule has 1 aliphatic heterocycles. The molecule has 58 valence electrons. The topological polar surface area (TPSA) is 32.3 Å². The van der Waals surface area contributed by atoms with Gasteiger partial charge in [-0.25, -0.2) is 0 Å². The van der Waals surface area contributed by atoms with Gasteiger partial charge in [0.1, 0.15) is 0 Å². The van der Waals surface area contributed by atoms with Gasteiger partial charge in [-0.15, -0.1) is 0 Å². The van der Waals surface area contributed by atoms with Gasteiger partial charge in [0.25, 0.3) is 0 Å². The number of aliphatic hydroxyl groups is 1. The highest BCUT2D eigenvalue weighted by Gasteiger charge is 2.35. The maximum Gasteiger partial charge on any atom is 0.0584 e. The highest BCUT2D eigenvalue weighted by Crippen LogP contribution is 2.40. The molecule has 0 spiro atoms. The monoisotopic (exact) mass is 141 g/mol. The Balaban J connectivity index is 1.81. The van der Waals surface area contributed by atoms with Crippen LogP contribution in [0.1, 0.15) is 19.3 Å². The fourth-order valence-electron chi connectivity index (χ4n) is 1.92. The molecule has 0 amide bonds. The van der Waals surface area contributed by atoms with E-state index in [1.54, 1.807) is 0 Å². The Labute approximate surface area is 61.6 Å². The summed E-state index contributed by atoms with van der Waals surface area (Å²) in [5.41, 5.74) is 0. The molecule has 1 saturated heterocycles. The Hall–Kier alpha value is -0.0800. The van der Waals surface area contributed by atoms with Gasteiger partial charge >= 0.3 is 0 Å². The molecule has 2 unspecified atom stereocenters. The van der Waals surface area contributed by atoms with Gasteiger partial charge in [0.15, 0.2) is 0 Å². The highest BCUT2D eigenvalue weighted by molar-refractivity contribution is 4.90. The van der Waals surface area contributed by atoms with E-state index in [0.29, 0.717) is 12.6 Å². The van der Waals surface area contributed by atoms with Crippen LogP contribution >= 0.6 is 0 Å². The third kappa shape index (κ3) is 1.18. The smallest absolute Gasteiger partial charge is 0.0584 e. The fourth-order valence-corrected chi connectivity index (χ4v) is 1.92. The molecule has 0 radical (unpaired) electrons. The standard InChI is InChI=1S/C8H15NO/c10-5-8-3-7(4-9-8)6-1-2-6/h6-10H,1-5H2. The van der Waals surface area contributed by atoms with Crippen LogP contribution in [-0.2, 0) is 0 Å². The van der Waals surface area contributed by atoms with Crippen LogP contribution in [0.3, 0.4) is 0 Å². The van der Waals surface area contributed by atoms with E-state index < -0.39 is 0 Å². The number of hydrogen-bond donors (Lipinski definition) is 2. The van der Waals surface area contributed by atoms with Crippen LogP contribution < -0.4 is 5.32 Å². The van der Waals surface area contributed by atoms with Crippen molar-refractivity contribution in [3.05, 3.63) is 0 Å². The predicted octanol–water partition coefficient (Wildman–Crippen LogP) is 0.367. The molecule has 0 aromatic rings. The molecule has 2 nitrogen and oxygen atoms in total. The number of rotatable bonds is 2. The van der Waals surface area contributed by atoms with Crippen LogP contribution in [-0.4, -0.2) is 24.3 Å². The molecule has 2 rings (SSSR count). The van der Waals surface area contributed by atoms with E-state index in [2.05, 4.69) is 5.32 Å². The number of aliphatic hydroxyl groups excluding tert-OH is 1. The summed E-state index contributed by atoms with van der Waals surface area (Å²) in [7, 11) is 0. The van der Waals surface area contributed by atoms with Crippen molar-refractivity contribution in [1.82, 2.24) is 5.32 Å². The van der Waals surface area contributed by atoms with Crippen molar-refractivity contribution in [2.75, 3.05) is 13.2 Å². The second-order valence-corrected chi connectivity index (χ2v) is 3.62. The van der Waals surface area contributed by atoms with Gasteiger partial charge in [-0.2, -0.15) is 0 Å². The normalized spacial score (nSPS) is 40.5. The van der Waals surface area contributed by atoms with Crippen LogP contribution in [0.2, 0.25) is 0 Å². The lowest BCUT2D eigenvalue weighted by atomic mass is 10.0. The zero-order valence-electron chi connectivity index (χ0n) is 6.21. The first-order valence-corrected chi connectivity index (χ1v) is 4.24. The Morgan fingerprint density at radius 1 is 1.30 bits per heavy atom. The summed E-state index contributed by atoms with van der Waals surface area (Å²) in [6, 6.07) is 0.408. The van der Waals surface area contributed by atoms with E-state index in [1.165, 1.54) is 19.3 Å². The molecule has 10 heavy (non-hydrogen) atoms. The molecule has 1 aliphatic carbocycles. The van der Waals surface area contributed by atoms with Gasteiger partial charge in [-0.1, -0.05) is 0 Å².